The molecular weight excluding hydrogens is 471 g/mol. The van der Waals surface area contributed by atoms with Gasteiger partial charge in [0.2, 0.25) is 0 Å². The van der Waals surface area contributed by atoms with Crippen LogP contribution in [0.2, 0.25) is 0 Å². The third-order valence-electron chi connectivity index (χ3n) is 7.34. The summed E-state index contributed by atoms with van der Waals surface area (Å²) >= 11 is 0. The molecule has 37 heavy (non-hydrogen) atoms. The van der Waals surface area contributed by atoms with Crippen LogP contribution in [0.5, 0.6) is 0 Å². The van der Waals surface area contributed by atoms with Crippen molar-refractivity contribution in [3.05, 3.63) is 76.9 Å². The molecule has 3 aromatic rings. The average molecular weight is 501 g/mol. The largest absolute Gasteiger partial charge is 0.391 e. The Bertz CT molecular complexity index is 1420. The van der Waals surface area contributed by atoms with Crippen LogP contribution in [-0.2, 0) is 4.79 Å². The van der Waals surface area contributed by atoms with Crippen LogP contribution in [0.1, 0.15) is 46.6 Å². The Labute approximate surface area is 214 Å². The quantitative estimate of drug-likeness (QED) is 0.386. The summed E-state index contributed by atoms with van der Waals surface area (Å²) < 4.78 is 14.0. The molecule has 7 nitrogen and oxygen atoms in total. The van der Waals surface area contributed by atoms with Gasteiger partial charge in [0.25, 0.3) is 11.8 Å². The van der Waals surface area contributed by atoms with Crippen molar-refractivity contribution in [3.8, 4) is 11.1 Å². The van der Waals surface area contributed by atoms with Crippen LogP contribution in [0.15, 0.2) is 48.5 Å². The number of carbonyl (C=O) groups excluding carboxylic acids is 2. The van der Waals surface area contributed by atoms with E-state index in [1.165, 1.54) is 12.1 Å². The minimum absolute atomic E-state index is 0.0890. The van der Waals surface area contributed by atoms with E-state index in [1.54, 1.807) is 29.2 Å². The van der Waals surface area contributed by atoms with Gasteiger partial charge < -0.3 is 25.6 Å². The number of nitrogens with one attached hydrogen (secondary N) is 3. The van der Waals surface area contributed by atoms with E-state index < -0.39 is 6.10 Å². The number of aromatic amines is 1. The molecule has 2 aromatic carbocycles. The predicted molar refractivity (Wildman–Crippen MR) is 140 cm³/mol. The molecule has 2 aliphatic heterocycles. The number of anilines is 1. The summed E-state index contributed by atoms with van der Waals surface area (Å²) in [7, 11) is 0. The van der Waals surface area contributed by atoms with E-state index >= 15 is 0 Å². The molecule has 0 bridgehead atoms. The summed E-state index contributed by atoms with van der Waals surface area (Å²) in [5.74, 6) is -0.815. The highest BCUT2D eigenvalue weighted by Gasteiger charge is 2.37. The molecule has 2 amide bonds. The number of carbonyl (C=O) groups is 2. The number of hydrogen-bond acceptors (Lipinski definition) is 4. The fourth-order valence-electron chi connectivity index (χ4n) is 5.41. The first kappa shape index (κ1) is 23.6. The molecule has 0 unspecified atom stereocenters. The molecule has 1 aliphatic carbocycles. The third kappa shape index (κ3) is 4.58. The minimum Gasteiger partial charge on any atom is -0.391 e. The second kappa shape index (κ2) is 9.28. The van der Waals surface area contributed by atoms with Crippen molar-refractivity contribution >= 4 is 29.2 Å². The Morgan fingerprint density at radius 2 is 2.03 bits per heavy atom. The van der Waals surface area contributed by atoms with Crippen molar-refractivity contribution in [2.45, 2.75) is 44.4 Å². The van der Waals surface area contributed by atoms with Crippen LogP contribution in [0, 0.1) is 12.7 Å². The summed E-state index contributed by atoms with van der Waals surface area (Å²) in [4.78, 5) is 31.8. The monoisotopic (exact) mass is 500 g/mol. The van der Waals surface area contributed by atoms with Crippen LogP contribution >= 0.6 is 0 Å². The molecular formula is C29H29FN4O3. The second-order valence-electron chi connectivity index (χ2n) is 10.2. The first-order chi connectivity index (χ1) is 17.9. The molecule has 1 saturated carbocycles. The smallest absolute Gasteiger partial charge is 0.256 e. The number of amides is 2. The van der Waals surface area contributed by atoms with Gasteiger partial charge in [-0.1, -0.05) is 24.3 Å². The van der Waals surface area contributed by atoms with Crippen LogP contribution in [0.25, 0.3) is 22.8 Å². The number of aryl methyl sites for hydroxylation is 1. The van der Waals surface area contributed by atoms with Crippen LogP contribution < -0.4 is 10.6 Å². The number of likely N-dealkylation sites (tertiary alicyclic amines) is 1. The number of aliphatic hydroxyl groups is 1. The maximum atomic E-state index is 14.0. The third-order valence-corrected chi connectivity index (χ3v) is 7.34. The Balaban J connectivity index is 1.37. The predicted octanol–water partition coefficient (Wildman–Crippen LogP) is 3.95. The lowest BCUT2D eigenvalue weighted by Crippen LogP contribution is -2.42. The van der Waals surface area contributed by atoms with Gasteiger partial charge in [0, 0.05) is 42.1 Å². The van der Waals surface area contributed by atoms with E-state index in [0.29, 0.717) is 52.7 Å². The van der Waals surface area contributed by atoms with E-state index in [-0.39, 0.29) is 30.2 Å². The number of hydrogen-bond donors (Lipinski definition) is 4. The van der Waals surface area contributed by atoms with Gasteiger partial charge in [0.15, 0.2) is 0 Å². The zero-order valence-electron chi connectivity index (χ0n) is 20.6. The van der Waals surface area contributed by atoms with E-state index in [0.717, 1.165) is 24.1 Å². The van der Waals surface area contributed by atoms with Crippen molar-refractivity contribution in [1.29, 1.82) is 0 Å². The van der Waals surface area contributed by atoms with E-state index in [9.17, 15) is 19.1 Å². The number of H-pyrrole nitrogens is 1. The number of β-amino-alcohol motifs (C(OH)–C–C–N with tert-alkyl or cyclic N) is 1. The highest BCUT2D eigenvalue weighted by atomic mass is 19.1. The number of rotatable bonds is 6. The minimum atomic E-state index is -0.557. The summed E-state index contributed by atoms with van der Waals surface area (Å²) in [5.41, 5.74) is 4.89. The van der Waals surface area contributed by atoms with Gasteiger partial charge >= 0.3 is 0 Å². The standard InChI is InChI=1S/C29H29FN4O3/c1-16-10-23(29(37)34-15-21(35)12-20(34)14-31-19-8-9-19)26(32-16)13-24-27-22(17-4-2-5-18(30)11-17)6-3-7-25(27)33-28(24)36/h2-7,10-11,13,19-21,31-32,35H,8-9,12,14-15H2,1H3,(H,33,36)/t20-,21-/m1/s1. The Morgan fingerprint density at radius 1 is 1.22 bits per heavy atom. The van der Waals surface area contributed by atoms with Crippen LogP contribution in [-0.4, -0.2) is 58.1 Å². The molecule has 6 rings (SSSR count). The van der Waals surface area contributed by atoms with Crippen LogP contribution in [0.4, 0.5) is 10.1 Å². The highest BCUT2D eigenvalue weighted by molar-refractivity contribution is 6.36. The number of fused-ring (bicyclic) bond motifs is 1. The summed E-state index contributed by atoms with van der Waals surface area (Å²) in [6.45, 7) is 2.80. The molecule has 3 heterocycles. The van der Waals surface area contributed by atoms with Crippen molar-refractivity contribution in [1.82, 2.24) is 15.2 Å². The second-order valence-corrected chi connectivity index (χ2v) is 10.2. The van der Waals surface area contributed by atoms with E-state index in [4.69, 9.17) is 0 Å². The first-order valence-corrected chi connectivity index (χ1v) is 12.7. The summed E-state index contributed by atoms with van der Waals surface area (Å²) in [6, 6.07) is 14.0. The molecule has 0 radical (unpaired) electrons. The lowest BCUT2D eigenvalue weighted by Gasteiger charge is -2.25. The lowest BCUT2D eigenvalue weighted by atomic mass is 9.94. The van der Waals surface area contributed by atoms with E-state index in [1.807, 2.05) is 25.1 Å². The normalized spacial score (nSPS) is 22.0. The molecule has 8 heteroatoms. The summed E-state index contributed by atoms with van der Waals surface area (Å²) in [5, 5.41) is 16.7. The topological polar surface area (TPSA) is 97.5 Å². The maximum absolute atomic E-state index is 14.0. The maximum Gasteiger partial charge on any atom is 0.256 e. The fraction of sp³-hybridized carbons (Fsp3) is 0.310. The molecule has 1 aromatic heterocycles. The van der Waals surface area contributed by atoms with Crippen molar-refractivity contribution < 1.29 is 19.1 Å². The lowest BCUT2D eigenvalue weighted by molar-refractivity contribution is -0.110. The van der Waals surface area contributed by atoms with Gasteiger partial charge in [0.05, 0.1) is 22.9 Å². The highest BCUT2D eigenvalue weighted by Crippen LogP contribution is 2.41. The summed E-state index contributed by atoms with van der Waals surface area (Å²) in [6.07, 6.45) is 3.99. The van der Waals surface area contributed by atoms with E-state index in [2.05, 4.69) is 15.6 Å². The molecule has 190 valence electrons. The molecule has 3 aliphatic rings. The number of benzene rings is 2. The number of halogens is 1. The Morgan fingerprint density at radius 3 is 2.81 bits per heavy atom. The van der Waals surface area contributed by atoms with Gasteiger partial charge in [-0.05, 0) is 67.7 Å². The van der Waals surface area contributed by atoms with Gasteiger partial charge in [-0.25, -0.2) is 4.39 Å². The Hall–Kier alpha value is -3.75. The average Bonchev–Trinajstić information content (AvgIpc) is 3.40. The zero-order chi connectivity index (χ0) is 25.7. The van der Waals surface area contributed by atoms with Gasteiger partial charge in [-0.3, -0.25) is 9.59 Å². The van der Waals surface area contributed by atoms with Crippen molar-refractivity contribution in [2.75, 3.05) is 18.4 Å². The number of nitrogens with zero attached hydrogens (tertiary/aromatic N) is 1. The SMILES string of the molecule is Cc1cc(C(=O)N2C[C@H](O)C[C@@H]2CNC2CC2)c(C=C2C(=O)Nc3cccc(-c4cccc(F)c4)c32)[nH]1. The molecule has 2 fully saturated rings. The Kier molecular flexibility index (Phi) is 5.93. The van der Waals surface area contributed by atoms with Gasteiger partial charge in [0.1, 0.15) is 5.82 Å². The van der Waals surface area contributed by atoms with Gasteiger partial charge in [-0.15, -0.1) is 0 Å². The van der Waals surface area contributed by atoms with Crippen molar-refractivity contribution in [3.63, 3.8) is 0 Å². The molecule has 4 N–H and O–H groups in total. The molecule has 2 atom stereocenters. The zero-order valence-corrected chi connectivity index (χ0v) is 20.6. The molecule has 0 spiro atoms. The number of aliphatic hydroxyl groups excluding tert-OH is 1. The fourth-order valence-corrected chi connectivity index (χ4v) is 5.41. The molecule has 1 saturated heterocycles. The van der Waals surface area contributed by atoms with Crippen LogP contribution in [0.3, 0.4) is 0 Å². The van der Waals surface area contributed by atoms with Crippen molar-refractivity contribution in [2.24, 2.45) is 0 Å². The first-order valence-electron chi connectivity index (χ1n) is 12.7. The number of aromatic nitrogens is 1. The van der Waals surface area contributed by atoms with Gasteiger partial charge in [-0.2, -0.15) is 0 Å².